The maximum absolute atomic E-state index is 12.2. The molecule has 1 saturated carbocycles. The highest BCUT2D eigenvalue weighted by Crippen LogP contribution is 2.30. The van der Waals surface area contributed by atoms with Crippen LogP contribution in [0.4, 0.5) is 0 Å². The molecule has 33 heavy (non-hydrogen) atoms. The average molecular weight is 477 g/mol. The molecule has 1 aliphatic carbocycles. The van der Waals surface area contributed by atoms with Gasteiger partial charge in [0.1, 0.15) is 12.2 Å². The van der Waals surface area contributed by atoms with Gasteiger partial charge in [0.25, 0.3) is 5.56 Å². The number of aromatic nitrogens is 2. The molecule has 3 rings (SSSR count). The van der Waals surface area contributed by atoms with E-state index >= 15 is 0 Å². The SMILES string of the molecule is CCOC(=O)CN(N)/C=C(\N)c1ccc(=O)n(C2CCC(CN)CC2)n1.Clc1ccccc1. The molecule has 1 aromatic heterocycles. The Kier molecular flexibility index (Phi) is 10.9. The van der Waals surface area contributed by atoms with Crippen LogP contribution in [0, 0.1) is 5.92 Å². The summed E-state index contributed by atoms with van der Waals surface area (Å²) < 4.78 is 6.33. The minimum atomic E-state index is -0.450. The first-order valence-corrected chi connectivity index (χ1v) is 11.4. The Morgan fingerprint density at radius 1 is 1.21 bits per heavy atom. The van der Waals surface area contributed by atoms with Gasteiger partial charge >= 0.3 is 5.97 Å². The number of esters is 1. The summed E-state index contributed by atoms with van der Waals surface area (Å²) in [4.78, 5) is 23.6. The number of benzene rings is 1. The third-order valence-electron chi connectivity index (χ3n) is 5.27. The molecule has 2 aromatic rings. The van der Waals surface area contributed by atoms with E-state index in [4.69, 9.17) is 33.6 Å². The second-order valence-corrected chi connectivity index (χ2v) is 8.21. The van der Waals surface area contributed by atoms with Crippen molar-refractivity contribution in [2.24, 2.45) is 23.2 Å². The van der Waals surface area contributed by atoms with Crippen LogP contribution in [0.5, 0.6) is 0 Å². The lowest BCUT2D eigenvalue weighted by Gasteiger charge is -2.28. The van der Waals surface area contributed by atoms with Crippen molar-refractivity contribution in [3.05, 3.63) is 69.7 Å². The van der Waals surface area contributed by atoms with Crippen LogP contribution in [0.25, 0.3) is 5.70 Å². The van der Waals surface area contributed by atoms with Crippen molar-refractivity contribution >= 4 is 23.3 Å². The largest absolute Gasteiger partial charge is 0.465 e. The van der Waals surface area contributed by atoms with Crippen molar-refractivity contribution in [3.63, 3.8) is 0 Å². The molecule has 0 saturated heterocycles. The zero-order valence-corrected chi connectivity index (χ0v) is 19.7. The number of hydrogen-bond acceptors (Lipinski definition) is 8. The van der Waals surface area contributed by atoms with Crippen LogP contribution in [-0.4, -0.2) is 40.5 Å². The Morgan fingerprint density at radius 2 is 1.88 bits per heavy atom. The molecule has 9 nitrogen and oxygen atoms in total. The van der Waals surface area contributed by atoms with Crippen LogP contribution in [0.1, 0.15) is 44.3 Å². The van der Waals surface area contributed by atoms with Crippen molar-refractivity contribution in [1.82, 2.24) is 14.8 Å². The van der Waals surface area contributed by atoms with Gasteiger partial charge in [-0.2, -0.15) is 5.10 Å². The number of carbonyl (C=O) groups is 1. The van der Waals surface area contributed by atoms with Gasteiger partial charge in [0, 0.05) is 17.3 Å². The Morgan fingerprint density at radius 3 is 2.42 bits per heavy atom. The maximum atomic E-state index is 12.2. The lowest BCUT2D eigenvalue weighted by Crippen LogP contribution is -2.34. The molecule has 1 aliphatic rings. The summed E-state index contributed by atoms with van der Waals surface area (Å²) in [5.74, 6) is 5.82. The van der Waals surface area contributed by atoms with E-state index in [1.165, 1.54) is 16.9 Å². The summed E-state index contributed by atoms with van der Waals surface area (Å²) in [6.07, 6.45) is 5.11. The minimum absolute atomic E-state index is 0.0477. The summed E-state index contributed by atoms with van der Waals surface area (Å²) in [5, 5.41) is 6.33. The van der Waals surface area contributed by atoms with Gasteiger partial charge in [-0.1, -0.05) is 29.8 Å². The van der Waals surface area contributed by atoms with Gasteiger partial charge in [-0.05, 0) is 63.3 Å². The molecule has 0 bridgehead atoms. The number of hydrogen-bond donors (Lipinski definition) is 3. The number of halogens is 1. The Balaban J connectivity index is 0.000000468. The van der Waals surface area contributed by atoms with Gasteiger partial charge < -0.3 is 21.2 Å². The number of nitrogens with two attached hydrogens (primary N) is 3. The van der Waals surface area contributed by atoms with E-state index < -0.39 is 5.97 Å². The molecule has 6 N–H and O–H groups in total. The molecule has 180 valence electrons. The first-order chi connectivity index (χ1) is 15.8. The van der Waals surface area contributed by atoms with Crippen molar-refractivity contribution in [2.75, 3.05) is 19.7 Å². The molecule has 1 heterocycles. The monoisotopic (exact) mass is 476 g/mol. The summed E-state index contributed by atoms with van der Waals surface area (Å²) in [7, 11) is 0. The molecular weight excluding hydrogens is 444 g/mol. The van der Waals surface area contributed by atoms with E-state index in [1.807, 2.05) is 30.3 Å². The number of hydrazine groups is 1. The van der Waals surface area contributed by atoms with E-state index in [-0.39, 0.29) is 30.4 Å². The Hall–Kier alpha value is -2.88. The first kappa shape index (κ1) is 26.4. The molecular formula is C23H33ClN6O3. The van der Waals surface area contributed by atoms with Gasteiger partial charge in [0.15, 0.2) is 0 Å². The zero-order valence-electron chi connectivity index (χ0n) is 18.9. The van der Waals surface area contributed by atoms with E-state index in [0.29, 0.717) is 18.2 Å². The van der Waals surface area contributed by atoms with E-state index in [9.17, 15) is 9.59 Å². The first-order valence-electron chi connectivity index (χ1n) is 11.0. The van der Waals surface area contributed by atoms with Crippen LogP contribution in [-0.2, 0) is 9.53 Å². The quantitative estimate of drug-likeness (QED) is 0.313. The summed E-state index contributed by atoms with van der Waals surface area (Å²) in [6.45, 7) is 2.55. The molecule has 0 amide bonds. The number of carbonyl (C=O) groups excluding carboxylic acids is 1. The fraction of sp³-hybridized carbons (Fsp3) is 0.435. The molecule has 0 spiro atoms. The molecule has 0 aliphatic heterocycles. The molecule has 0 unspecified atom stereocenters. The van der Waals surface area contributed by atoms with Crippen LogP contribution in [0.2, 0.25) is 5.02 Å². The highest BCUT2D eigenvalue weighted by atomic mass is 35.5. The highest BCUT2D eigenvalue weighted by molar-refractivity contribution is 6.30. The van der Waals surface area contributed by atoms with Gasteiger partial charge in [0.2, 0.25) is 0 Å². The van der Waals surface area contributed by atoms with Crippen LogP contribution >= 0.6 is 11.6 Å². The average Bonchev–Trinajstić information content (AvgIpc) is 2.80. The van der Waals surface area contributed by atoms with Crippen molar-refractivity contribution < 1.29 is 9.53 Å². The fourth-order valence-corrected chi connectivity index (χ4v) is 3.67. The lowest BCUT2D eigenvalue weighted by molar-refractivity contribution is -0.143. The molecule has 1 fully saturated rings. The smallest absolute Gasteiger partial charge is 0.327 e. The zero-order chi connectivity index (χ0) is 24.2. The third kappa shape index (κ3) is 8.88. The van der Waals surface area contributed by atoms with E-state index in [1.54, 1.807) is 13.0 Å². The van der Waals surface area contributed by atoms with Gasteiger partial charge in [-0.3, -0.25) is 9.59 Å². The molecule has 0 atom stereocenters. The maximum Gasteiger partial charge on any atom is 0.327 e. The van der Waals surface area contributed by atoms with Crippen molar-refractivity contribution in [2.45, 2.75) is 38.6 Å². The Labute approximate surface area is 199 Å². The van der Waals surface area contributed by atoms with E-state index in [2.05, 4.69) is 5.10 Å². The second-order valence-electron chi connectivity index (χ2n) is 7.77. The van der Waals surface area contributed by atoms with Crippen molar-refractivity contribution in [1.29, 1.82) is 0 Å². The fourth-order valence-electron chi connectivity index (χ4n) is 3.53. The topological polar surface area (TPSA) is 142 Å². The number of rotatable bonds is 7. The van der Waals surface area contributed by atoms with E-state index in [0.717, 1.165) is 35.7 Å². The summed E-state index contributed by atoms with van der Waals surface area (Å²) in [5.41, 5.74) is 12.3. The van der Waals surface area contributed by atoms with Crippen molar-refractivity contribution in [3.8, 4) is 0 Å². The molecule has 10 heteroatoms. The number of nitrogens with zero attached hydrogens (tertiary/aromatic N) is 3. The van der Waals surface area contributed by atoms with Crippen LogP contribution in [0.15, 0.2) is 53.5 Å². The second kappa shape index (κ2) is 13.6. The summed E-state index contributed by atoms with van der Waals surface area (Å²) >= 11 is 5.54. The van der Waals surface area contributed by atoms with Crippen LogP contribution in [0.3, 0.4) is 0 Å². The van der Waals surface area contributed by atoms with Gasteiger partial charge in [0.05, 0.1) is 18.3 Å². The van der Waals surface area contributed by atoms with Gasteiger partial charge in [-0.25, -0.2) is 10.5 Å². The highest BCUT2D eigenvalue weighted by Gasteiger charge is 2.23. The lowest BCUT2D eigenvalue weighted by atomic mass is 9.86. The van der Waals surface area contributed by atoms with Gasteiger partial charge in [-0.15, -0.1) is 0 Å². The molecule has 1 aromatic carbocycles. The summed E-state index contributed by atoms with van der Waals surface area (Å²) in [6, 6.07) is 12.5. The molecule has 0 radical (unpaired) electrons. The third-order valence-corrected chi connectivity index (χ3v) is 5.52. The standard InChI is InChI=1S/C17H28N6O3.C6H5Cl/c1-2-26-17(25)11-22(20)10-14(19)15-7-8-16(24)23(21-15)13-5-3-12(9-18)4-6-13;7-6-4-2-1-3-5-6/h7-8,10,12-13H,2-6,9,11,18-20H2,1H3;1-5H/b14-10-;. The normalized spacial score (nSPS) is 18.1. The minimum Gasteiger partial charge on any atom is -0.465 e. The predicted octanol–water partition coefficient (Wildman–Crippen LogP) is 2.27. The Bertz CT molecular complexity index is 958. The van der Waals surface area contributed by atoms with Crippen LogP contribution < -0.4 is 22.9 Å². The predicted molar refractivity (Wildman–Crippen MR) is 130 cm³/mol. The number of ether oxygens (including phenoxy) is 1.